The molecule has 1 rings (SSSR count). The third-order valence-electron chi connectivity index (χ3n) is 1.56. The first-order valence-electron chi connectivity index (χ1n) is 4.29. The van der Waals surface area contributed by atoms with Gasteiger partial charge >= 0.3 is 0 Å². The van der Waals surface area contributed by atoms with Gasteiger partial charge in [-0.2, -0.15) is 11.8 Å². The van der Waals surface area contributed by atoms with E-state index in [0.717, 1.165) is 18.1 Å². The fourth-order valence-electron chi connectivity index (χ4n) is 0.876. The van der Waals surface area contributed by atoms with E-state index in [-0.39, 0.29) is 24.0 Å². The second kappa shape index (κ2) is 9.80. The van der Waals surface area contributed by atoms with Crippen LogP contribution < -0.4 is 5.32 Å². The third-order valence-corrected chi connectivity index (χ3v) is 4.18. The Morgan fingerprint density at radius 2 is 2.40 bits per heavy atom. The van der Waals surface area contributed by atoms with E-state index in [1.807, 2.05) is 18.0 Å². The maximum atomic E-state index is 7.36. The first kappa shape index (κ1) is 15.6. The number of hydrogen-bond acceptors (Lipinski definition) is 4. The molecule has 0 spiro atoms. The molecule has 6 heteroatoms. The Labute approximate surface area is 121 Å². The summed E-state index contributed by atoms with van der Waals surface area (Å²) >= 11 is 5.16. The number of nitrogens with one attached hydrogen (secondary N) is 2. The van der Waals surface area contributed by atoms with Gasteiger partial charge in [0.1, 0.15) is 0 Å². The van der Waals surface area contributed by atoms with Crippen molar-refractivity contribution in [2.45, 2.75) is 5.75 Å². The van der Waals surface area contributed by atoms with Gasteiger partial charge < -0.3 is 5.32 Å². The van der Waals surface area contributed by atoms with E-state index in [9.17, 15) is 0 Å². The van der Waals surface area contributed by atoms with Crippen LogP contribution in [0.2, 0.25) is 0 Å². The zero-order valence-electron chi connectivity index (χ0n) is 8.49. The molecule has 0 aliphatic carbocycles. The van der Waals surface area contributed by atoms with E-state index < -0.39 is 0 Å². The molecule has 0 unspecified atom stereocenters. The van der Waals surface area contributed by atoms with Gasteiger partial charge in [0, 0.05) is 22.9 Å². The zero-order chi connectivity index (χ0) is 10.2. The molecule has 86 valence electrons. The van der Waals surface area contributed by atoms with E-state index in [0.29, 0.717) is 5.17 Å². The summed E-state index contributed by atoms with van der Waals surface area (Å²) < 4.78 is 0. The van der Waals surface area contributed by atoms with Gasteiger partial charge in [-0.05, 0) is 17.7 Å². The van der Waals surface area contributed by atoms with Crippen molar-refractivity contribution in [3.63, 3.8) is 0 Å². The molecule has 0 saturated heterocycles. The Bertz CT molecular complexity index is 264. The first-order chi connectivity index (χ1) is 6.83. The van der Waals surface area contributed by atoms with Crippen LogP contribution in [0.4, 0.5) is 0 Å². The largest absolute Gasteiger partial charge is 0.364 e. The van der Waals surface area contributed by atoms with Crippen molar-refractivity contribution < 1.29 is 0 Å². The number of amidine groups is 1. The Hall–Kier alpha value is 0.600. The van der Waals surface area contributed by atoms with Crippen LogP contribution in [0.3, 0.4) is 0 Å². The molecule has 0 radical (unpaired) electrons. The number of thiophene rings is 1. The quantitative estimate of drug-likeness (QED) is 0.359. The third kappa shape index (κ3) is 7.48. The fraction of sp³-hybridized carbons (Fsp3) is 0.444. The number of hydrogen-bond donors (Lipinski definition) is 2. The Balaban J connectivity index is 0.00000196. The van der Waals surface area contributed by atoms with Crippen LogP contribution in [-0.2, 0) is 5.75 Å². The molecular formula is C9H15IN2S3. The first-order valence-corrected chi connectivity index (χ1v) is 7.55. The predicted molar refractivity (Wildman–Crippen MR) is 85.1 cm³/mol. The second-order valence-electron chi connectivity index (χ2n) is 2.59. The van der Waals surface area contributed by atoms with Crippen molar-refractivity contribution in [2.24, 2.45) is 0 Å². The lowest BCUT2D eigenvalue weighted by Crippen LogP contribution is -2.21. The molecule has 0 aromatic carbocycles. The Morgan fingerprint density at radius 1 is 1.60 bits per heavy atom. The topological polar surface area (TPSA) is 35.9 Å². The molecule has 1 aromatic heterocycles. The van der Waals surface area contributed by atoms with Gasteiger partial charge in [-0.3, -0.25) is 5.41 Å². The van der Waals surface area contributed by atoms with Crippen LogP contribution in [0, 0.1) is 5.41 Å². The van der Waals surface area contributed by atoms with Crippen molar-refractivity contribution in [3.8, 4) is 0 Å². The van der Waals surface area contributed by atoms with E-state index in [1.165, 1.54) is 16.6 Å². The molecule has 0 aliphatic heterocycles. The van der Waals surface area contributed by atoms with Gasteiger partial charge in [-0.15, -0.1) is 35.3 Å². The van der Waals surface area contributed by atoms with Gasteiger partial charge in [-0.25, -0.2) is 0 Å². The normalized spacial score (nSPS) is 9.40. The molecule has 1 aromatic rings. The van der Waals surface area contributed by atoms with Crippen molar-refractivity contribution in [1.82, 2.24) is 5.32 Å². The smallest absolute Gasteiger partial charge is 0.153 e. The summed E-state index contributed by atoms with van der Waals surface area (Å²) in [6.07, 6.45) is 1.91. The van der Waals surface area contributed by atoms with Crippen LogP contribution in [0.5, 0.6) is 0 Å². The standard InChI is InChI=1S/C9H14N2S3.HI/c1-12-9(10)11-4-6-13-7-8-3-2-5-14-8;/h2-3,5H,4,6-7H2,1H3,(H2,10,11);1H. The van der Waals surface area contributed by atoms with Gasteiger partial charge in [-0.1, -0.05) is 17.8 Å². The number of halogens is 1. The van der Waals surface area contributed by atoms with Crippen molar-refractivity contribution in [1.29, 1.82) is 5.41 Å². The molecule has 1 heterocycles. The minimum atomic E-state index is 0. The monoisotopic (exact) mass is 374 g/mol. The summed E-state index contributed by atoms with van der Waals surface area (Å²) in [6.45, 7) is 0.885. The Morgan fingerprint density at radius 3 is 3.00 bits per heavy atom. The number of thioether (sulfide) groups is 2. The molecule has 2 nitrogen and oxygen atoms in total. The molecule has 2 N–H and O–H groups in total. The number of rotatable bonds is 5. The molecule has 0 fully saturated rings. The van der Waals surface area contributed by atoms with Crippen LogP contribution in [0.15, 0.2) is 17.5 Å². The summed E-state index contributed by atoms with van der Waals surface area (Å²) in [7, 11) is 0. The maximum Gasteiger partial charge on any atom is 0.153 e. The summed E-state index contributed by atoms with van der Waals surface area (Å²) in [4.78, 5) is 1.43. The van der Waals surface area contributed by atoms with E-state index in [4.69, 9.17) is 5.41 Å². The van der Waals surface area contributed by atoms with Crippen molar-refractivity contribution in [3.05, 3.63) is 22.4 Å². The summed E-state index contributed by atoms with van der Waals surface area (Å²) in [5.74, 6) is 2.15. The lowest BCUT2D eigenvalue weighted by Gasteiger charge is -2.03. The predicted octanol–water partition coefficient (Wildman–Crippen LogP) is 3.49. The molecule has 0 amide bonds. The minimum Gasteiger partial charge on any atom is -0.364 e. The van der Waals surface area contributed by atoms with Gasteiger partial charge in [0.15, 0.2) is 5.17 Å². The van der Waals surface area contributed by atoms with Crippen LogP contribution >= 0.6 is 58.8 Å². The lowest BCUT2D eigenvalue weighted by molar-refractivity contribution is 0.985. The molecule has 0 atom stereocenters. The van der Waals surface area contributed by atoms with Crippen LogP contribution in [-0.4, -0.2) is 23.7 Å². The van der Waals surface area contributed by atoms with Crippen molar-refractivity contribution in [2.75, 3.05) is 18.6 Å². The highest BCUT2D eigenvalue weighted by Gasteiger charge is 1.95. The lowest BCUT2D eigenvalue weighted by atomic mass is 10.5. The molecule has 0 saturated carbocycles. The maximum absolute atomic E-state index is 7.36. The zero-order valence-corrected chi connectivity index (χ0v) is 13.3. The average molecular weight is 374 g/mol. The Kier molecular flexibility index (Phi) is 10.2. The van der Waals surface area contributed by atoms with Crippen molar-refractivity contribution >= 4 is 64.0 Å². The molecule has 0 bridgehead atoms. The van der Waals surface area contributed by atoms with Gasteiger partial charge in [0.05, 0.1) is 0 Å². The van der Waals surface area contributed by atoms with Crippen LogP contribution in [0.1, 0.15) is 4.88 Å². The highest BCUT2D eigenvalue weighted by molar-refractivity contribution is 14.0. The van der Waals surface area contributed by atoms with Gasteiger partial charge in [0.25, 0.3) is 0 Å². The highest BCUT2D eigenvalue weighted by Crippen LogP contribution is 2.16. The summed E-state index contributed by atoms with van der Waals surface area (Å²) in [5, 5.41) is 13.1. The second-order valence-corrected chi connectivity index (χ2v) is 5.55. The molecule has 0 aliphatic rings. The summed E-state index contributed by atoms with van der Waals surface area (Å²) in [6, 6.07) is 4.25. The fourth-order valence-corrected chi connectivity index (χ4v) is 2.82. The van der Waals surface area contributed by atoms with E-state index >= 15 is 0 Å². The minimum absolute atomic E-state index is 0. The highest BCUT2D eigenvalue weighted by atomic mass is 127. The van der Waals surface area contributed by atoms with Gasteiger partial charge in [0.2, 0.25) is 0 Å². The van der Waals surface area contributed by atoms with E-state index in [1.54, 1.807) is 11.3 Å². The average Bonchev–Trinajstić information content (AvgIpc) is 2.69. The molecule has 15 heavy (non-hydrogen) atoms. The molecular weight excluding hydrogens is 359 g/mol. The summed E-state index contributed by atoms with van der Waals surface area (Å²) in [5.41, 5.74) is 0. The van der Waals surface area contributed by atoms with Crippen LogP contribution in [0.25, 0.3) is 0 Å². The van der Waals surface area contributed by atoms with E-state index in [2.05, 4.69) is 22.8 Å². The SMILES string of the molecule is CSC(=N)NCCSCc1cccs1.I.